The van der Waals surface area contributed by atoms with Crippen molar-refractivity contribution in [1.29, 1.82) is 0 Å². The second-order valence-corrected chi connectivity index (χ2v) is 8.11. The molecule has 0 heterocycles. The van der Waals surface area contributed by atoms with Crippen LogP contribution in [-0.2, 0) is 9.52 Å². The number of anilines is 1. The molecule has 0 saturated carbocycles. The van der Waals surface area contributed by atoms with Gasteiger partial charge in [-0.15, -0.1) is 0 Å². The van der Waals surface area contributed by atoms with Crippen LogP contribution in [0.1, 0.15) is 17.3 Å². The van der Waals surface area contributed by atoms with Crippen LogP contribution in [-0.4, -0.2) is 28.4 Å². The first-order chi connectivity index (χ1) is 11.4. The third-order valence-electron chi connectivity index (χ3n) is 2.69. The number of alkyl halides is 3. The highest BCUT2D eigenvalue weighted by Crippen LogP contribution is 2.23. The lowest BCUT2D eigenvalue weighted by Crippen LogP contribution is -2.12. The average molecular weight is 392 g/mol. The molecule has 25 heavy (non-hydrogen) atoms. The van der Waals surface area contributed by atoms with Crippen LogP contribution in [0.3, 0.4) is 0 Å². The van der Waals surface area contributed by atoms with E-state index in [1.807, 2.05) is 18.2 Å². The molecule has 2 aromatic rings. The first-order valence-corrected chi connectivity index (χ1v) is 9.44. The maximum Gasteiger partial charge on any atom is 0.386 e. The predicted octanol–water partition coefficient (Wildman–Crippen LogP) is 4.87. The number of rotatable bonds is 3. The van der Waals surface area contributed by atoms with Crippen molar-refractivity contribution in [3.05, 3.63) is 59.1 Å². The zero-order chi connectivity index (χ0) is 19.3. The van der Waals surface area contributed by atoms with Crippen LogP contribution in [0.2, 0.25) is 5.02 Å². The molecule has 0 spiro atoms. The van der Waals surface area contributed by atoms with Gasteiger partial charge < -0.3 is 5.32 Å². The number of hydrogen-bond donors (Lipinski definition) is 1. The molecule has 0 radical (unpaired) electrons. The van der Waals surface area contributed by atoms with Crippen LogP contribution < -0.4 is 5.32 Å². The molecule has 0 aromatic heterocycles. The van der Waals surface area contributed by atoms with Crippen molar-refractivity contribution in [1.82, 2.24) is 0 Å². The largest absolute Gasteiger partial charge is 0.386 e. The summed E-state index contributed by atoms with van der Waals surface area (Å²) in [5.74, 6) is 3.32. The quantitative estimate of drug-likeness (QED) is 0.759. The lowest BCUT2D eigenvalue weighted by molar-refractivity contribution is -0.110. The Bertz CT molecular complexity index is 829. The fourth-order valence-corrected chi connectivity index (χ4v) is 3.16. The zero-order valence-electron chi connectivity index (χ0n) is 13.6. The van der Waals surface area contributed by atoms with Crippen molar-refractivity contribution in [2.45, 2.75) is 18.0 Å². The maximum absolute atomic E-state index is 12.1. The molecule has 2 rings (SSSR count). The van der Waals surface area contributed by atoms with Crippen LogP contribution in [0.15, 0.2) is 53.4 Å². The summed E-state index contributed by atoms with van der Waals surface area (Å²) in [5, 5.41) is 3.11. The molecule has 2 aromatic carbocycles. The molecule has 0 aliphatic rings. The van der Waals surface area contributed by atoms with Gasteiger partial charge in [0.05, 0.1) is 5.02 Å². The zero-order valence-corrected chi connectivity index (χ0v) is 15.1. The van der Waals surface area contributed by atoms with E-state index in [2.05, 4.69) is 11.2 Å². The van der Waals surface area contributed by atoms with Gasteiger partial charge in [-0.25, -0.2) is 0 Å². The summed E-state index contributed by atoms with van der Waals surface area (Å²) < 4.78 is 43.1. The molecule has 1 unspecified atom stereocenters. The Labute approximate surface area is 149 Å². The molecule has 136 valence electrons. The van der Waals surface area contributed by atoms with Gasteiger partial charge in [0.25, 0.3) is 5.91 Å². The van der Waals surface area contributed by atoms with E-state index in [1.165, 1.54) is 12.3 Å². The Morgan fingerprint density at radius 1 is 1.16 bits per heavy atom. The van der Waals surface area contributed by atoms with E-state index in [0.29, 0.717) is 21.2 Å². The molecular weight excluding hydrogens is 375 g/mol. The van der Waals surface area contributed by atoms with Gasteiger partial charge in [0.1, 0.15) is 0 Å². The Morgan fingerprint density at radius 2 is 1.68 bits per heavy atom. The number of carbonyl (C=O) groups excluding carboxylic acids is 1. The molecular formula is C17H17ClF3NO2S. The number of amides is 1. The van der Waals surface area contributed by atoms with Gasteiger partial charge in [0.2, 0.25) is 0 Å². The summed E-state index contributed by atoms with van der Waals surface area (Å²) in [6.45, 7) is 0.188. The van der Waals surface area contributed by atoms with E-state index in [4.69, 9.17) is 11.6 Å². The Kier molecular flexibility index (Phi) is 7.07. The summed E-state index contributed by atoms with van der Waals surface area (Å²) in [5.41, 5.74) is 1.09. The van der Waals surface area contributed by atoms with Gasteiger partial charge in [-0.2, -0.15) is 13.2 Å². The third-order valence-corrected chi connectivity index (χ3v) is 4.40. The maximum atomic E-state index is 12.1. The highest BCUT2D eigenvalue weighted by atomic mass is 35.5. The van der Waals surface area contributed by atoms with Crippen LogP contribution in [0, 0.1) is 0 Å². The van der Waals surface area contributed by atoms with Crippen molar-refractivity contribution in [3.63, 3.8) is 0 Å². The molecule has 0 aliphatic heterocycles. The summed E-state index contributed by atoms with van der Waals surface area (Å²) >= 11 is 5.99. The van der Waals surface area contributed by atoms with E-state index in [0.717, 1.165) is 0 Å². The summed E-state index contributed by atoms with van der Waals surface area (Å²) in [7, 11) is -2.47. The molecule has 0 bridgehead atoms. The Hall–Kier alpha value is -1.99. The second kappa shape index (κ2) is 8.40. The van der Waals surface area contributed by atoms with E-state index in [9.17, 15) is 22.2 Å². The summed E-state index contributed by atoms with van der Waals surface area (Å²) in [6.07, 6.45) is -2.51. The van der Waals surface area contributed by atoms with E-state index >= 15 is 0 Å². The van der Waals surface area contributed by atoms with E-state index in [-0.39, 0.29) is 12.8 Å². The predicted molar refractivity (Wildman–Crippen MR) is 97.0 cm³/mol. The van der Waals surface area contributed by atoms with Crippen LogP contribution in [0.25, 0.3) is 0 Å². The molecule has 1 amide bonds. The SMILES string of the molecule is C=S(C)(=O)c1cc(C(=O)Nc2ccccc2)ccc1Cl.CC(F)(F)F. The van der Waals surface area contributed by atoms with Crippen molar-refractivity contribution >= 4 is 38.6 Å². The standard InChI is InChI=1S/C15H14ClNO2S.C2H3F3/c1-20(2,19)14-10-11(8-9-13(14)16)15(18)17-12-6-4-3-5-7-12;1-2(3,4)5/h3-10H,1H2,2H3,(H,17,18);1H3. The lowest BCUT2D eigenvalue weighted by atomic mass is 10.2. The molecule has 0 saturated heterocycles. The number of para-hydroxylation sites is 1. The highest BCUT2D eigenvalue weighted by Gasteiger charge is 2.15. The first kappa shape index (κ1) is 21.1. The van der Waals surface area contributed by atoms with E-state index < -0.39 is 15.7 Å². The van der Waals surface area contributed by atoms with Gasteiger partial charge in [-0.1, -0.05) is 29.8 Å². The third kappa shape index (κ3) is 8.09. The van der Waals surface area contributed by atoms with Gasteiger partial charge in [0, 0.05) is 29.3 Å². The summed E-state index contributed by atoms with van der Waals surface area (Å²) in [4.78, 5) is 12.5. The monoisotopic (exact) mass is 391 g/mol. The smallest absolute Gasteiger partial charge is 0.322 e. The minimum absolute atomic E-state index is 0.188. The number of halogens is 4. The summed E-state index contributed by atoms with van der Waals surface area (Å²) in [6, 6.07) is 13.8. The van der Waals surface area contributed by atoms with Gasteiger partial charge in [0.15, 0.2) is 0 Å². The number of nitrogens with one attached hydrogen (secondary N) is 1. The van der Waals surface area contributed by atoms with Crippen molar-refractivity contribution < 1.29 is 22.2 Å². The number of hydrogen-bond acceptors (Lipinski definition) is 2. The van der Waals surface area contributed by atoms with Crippen molar-refractivity contribution in [3.8, 4) is 0 Å². The lowest BCUT2D eigenvalue weighted by Gasteiger charge is -2.09. The first-order valence-electron chi connectivity index (χ1n) is 6.93. The molecule has 3 nitrogen and oxygen atoms in total. The number of carbonyl (C=O) groups is 1. The van der Waals surface area contributed by atoms with E-state index in [1.54, 1.807) is 24.3 Å². The Balaban J connectivity index is 0.000000550. The van der Waals surface area contributed by atoms with Crippen molar-refractivity contribution in [2.24, 2.45) is 0 Å². The van der Waals surface area contributed by atoms with Crippen LogP contribution in [0.4, 0.5) is 18.9 Å². The Morgan fingerprint density at radius 3 is 2.16 bits per heavy atom. The fraction of sp³-hybridized carbons (Fsp3) is 0.176. The van der Waals surface area contributed by atoms with Gasteiger partial charge in [-0.3, -0.25) is 9.00 Å². The van der Waals surface area contributed by atoms with Crippen LogP contribution in [0.5, 0.6) is 0 Å². The normalized spacial score (nSPS) is 13.2. The van der Waals surface area contributed by atoms with Gasteiger partial charge >= 0.3 is 6.18 Å². The topological polar surface area (TPSA) is 46.2 Å². The molecule has 0 fully saturated rings. The fourth-order valence-electron chi connectivity index (χ4n) is 1.70. The minimum atomic E-state index is -4.00. The molecule has 1 atom stereocenters. The molecule has 1 N–H and O–H groups in total. The molecule has 8 heteroatoms. The number of benzene rings is 2. The average Bonchev–Trinajstić information content (AvgIpc) is 2.45. The van der Waals surface area contributed by atoms with Crippen LogP contribution >= 0.6 is 11.6 Å². The second-order valence-electron chi connectivity index (χ2n) is 5.25. The highest BCUT2D eigenvalue weighted by molar-refractivity contribution is 7.99. The minimum Gasteiger partial charge on any atom is -0.322 e. The molecule has 0 aliphatic carbocycles. The van der Waals surface area contributed by atoms with Crippen molar-refractivity contribution in [2.75, 3.05) is 11.6 Å². The van der Waals surface area contributed by atoms with Gasteiger partial charge in [-0.05, 0) is 45.7 Å².